The van der Waals surface area contributed by atoms with Gasteiger partial charge in [0.05, 0.1) is 17.9 Å². The smallest absolute Gasteiger partial charge is 0.281 e. The summed E-state index contributed by atoms with van der Waals surface area (Å²) in [7, 11) is 3.83. The summed E-state index contributed by atoms with van der Waals surface area (Å²) < 4.78 is 0. The van der Waals surface area contributed by atoms with Crippen molar-refractivity contribution in [3.63, 3.8) is 0 Å². The Kier molecular flexibility index (Phi) is 4.96. The standard InChI is InChI=1S/C21H18N4O3/c1-13-18(22-2)20(27)25(16-6-5-7-17(26)12-16)21(28)19(13)23-14-8-10-15(11-9-14)24(3)4/h5-12,26H,1,3-4H3. The molecule has 1 heterocycles. The molecule has 2 aromatic rings. The highest BCUT2D eigenvalue weighted by Crippen LogP contribution is 2.29. The van der Waals surface area contributed by atoms with E-state index in [0.29, 0.717) is 5.69 Å². The Bertz CT molecular complexity index is 1060. The number of carbonyl (C=O) groups is 2. The summed E-state index contributed by atoms with van der Waals surface area (Å²) >= 11 is 0. The Balaban J connectivity index is 2.11. The summed E-state index contributed by atoms with van der Waals surface area (Å²) in [5, 5.41) is 9.71. The Morgan fingerprint density at radius 2 is 1.75 bits per heavy atom. The summed E-state index contributed by atoms with van der Waals surface area (Å²) in [6.07, 6.45) is 0. The molecule has 7 nitrogen and oxygen atoms in total. The Morgan fingerprint density at radius 1 is 1.07 bits per heavy atom. The van der Waals surface area contributed by atoms with Crippen molar-refractivity contribution in [2.45, 2.75) is 6.92 Å². The zero-order valence-corrected chi connectivity index (χ0v) is 15.7. The second-order valence-corrected chi connectivity index (χ2v) is 6.42. The minimum absolute atomic E-state index is 0.0199. The molecule has 0 saturated carbocycles. The van der Waals surface area contributed by atoms with Crippen molar-refractivity contribution in [2.75, 3.05) is 23.9 Å². The number of aromatic hydroxyl groups is 1. The van der Waals surface area contributed by atoms with Crippen molar-refractivity contribution in [2.24, 2.45) is 4.99 Å². The first-order valence-electron chi connectivity index (χ1n) is 8.46. The predicted molar refractivity (Wildman–Crippen MR) is 108 cm³/mol. The molecular weight excluding hydrogens is 356 g/mol. The molecule has 0 radical (unpaired) electrons. The van der Waals surface area contributed by atoms with Crippen LogP contribution in [-0.2, 0) is 9.59 Å². The lowest BCUT2D eigenvalue weighted by molar-refractivity contribution is -0.121. The number of anilines is 2. The van der Waals surface area contributed by atoms with Crippen molar-refractivity contribution >= 4 is 34.6 Å². The van der Waals surface area contributed by atoms with Crippen LogP contribution in [0, 0.1) is 6.57 Å². The average Bonchev–Trinajstić information content (AvgIpc) is 2.66. The minimum Gasteiger partial charge on any atom is -0.508 e. The molecule has 0 aromatic heterocycles. The van der Waals surface area contributed by atoms with Crippen LogP contribution in [0.15, 0.2) is 64.8 Å². The number of amides is 2. The number of phenols is 1. The van der Waals surface area contributed by atoms with E-state index >= 15 is 0 Å². The first-order chi connectivity index (χ1) is 13.3. The van der Waals surface area contributed by atoms with Gasteiger partial charge in [0.25, 0.3) is 17.5 Å². The van der Waals surface area contributed by atoms with Crippen LogP contribution in [0.5, 0.6) is 5.75 Å². The molecule has 0 atom stereocenters. The maximum absolute atomic E-state index is 13.0. The van der Waals surface area contributed by atoms with Gasteiger partial charge in [-0.25, -0.2) is 9.84 Å². The summed E-state index contributed by atoms with van der Waals surface area (Å²) in [4.78, 5) is 36.3. The molecule has 2 aromatic carbocycles. The topological polar surface area (TPSA) is 77.6 Å². The van der Waals surface area contributed by atoms with Crippen LogP contribution in [0.4, 0.5) is 17.1 Å². The van der Waals surface area contributed by atoms with E-state index in [1.54, 1.807) is 12.1 Å². The van der Waals surface area contributed by atoms with Crippen LogP contribution in [-0.4, -0.2) is 36.7 Å². The zero-order valence-electron chi connectivity index (χ0n) is 15.7. The van der Waals surface area contributed by atoms with E-state index in [-0.39, 0.29) is 28.4 Å². The molecule has 1 aliphatic heterocycles. The molecule has 2 amide bonds. The summed E-state index contributed by atoms with van der Waals surface area (Å²) in [6.45, 7) is 8.90. The van der Waals surface area contributed by atoms with Gasteiger partial charge in [-0.05, 0) is 48.9 Å². The molecule has 1 N–H and O–H groups in total. The summed E-state index contributed by atoms with van der Waals surface area (Å²) in [6, 6.07) is 13.0. The number of hydrogen-bond donors (Lipinski definition) is 1. The first-order valence-corrected chi connectivity index (χ1v) is 8.46. The fourth-order valence-electron chi connectivity index (χ4n) is 2.82. The third-order valence-corrected chi connectivity index (χ3v) is 4.33. The van der Waals surface area contributed by atoms with Crippen molar-refractivity contribution in [1.82, 2.24) is 0 Å². The van der Waals surface area contributed by atoms with E-state index in [1.165, 1.54) is 31.2 Å². The van der Waals surface area contributed by atoms with Gasteiger partial charge in [0.2, 0.25) is 0 Å². The van der Waals surface area contributed by atoms with Gasteiger partial charge in [-0.15, -0.1) is 0 Å². The molecule has 0 aliphatic carbocycles. The summed E-state index contributed by atoms with van der Waals surface area (Å²) in [5.74, 6) is -1.46. The molecule has 7 heteroatoms. The lowest BCUT2D eigenvalue weighted by atomic mass is 10.0. The molecule has 28 heavy (non-hydrogen) atoms. The van der Waals surface area contributed by atoms with Gasteiger partial charge in [-0.3, -0.25) is 14.5 Å². The van der Waals surface area contributed by atoms with Crippen LogP contribution in [0.25, 0.3) is 4.85 Å². The van der Waals surface area contributed by atoms with Gasteiger partial charge >= 0.3 is 0 Å². The molecular formula is C21H18N4O3. The van der Waals surface area contributed by atoms with Crippen molar-refractivity contribution in [3.8, 4) is 5.75 Å². The van der Waals surface area contributed by atoms with E-state index in [4.69, 9.17) is 6.57 Å². The fraction of sp³-hybridized carbons (Fsp3) is 0.143. The number of nitrogens with zero attached hydrogens (tertiary/aromatic N) is 4. The fourth-order valence-corrected chi connectivity index (χ4v) is 2.82. The highest BCUT2D eigenvalue weighted by molar-refractivity contribution is 6.57. The third kappa shape index (κ3) is 3.35. The highest BCUT2D eigenvalue weighted by atomic mass is 16.3. The summed E-state index contributed by atoms with van der Waals surface area (Å²) in [5.41, 5.74) is 1.77. The van der Waals surface area contributed by atoms with E-state index < -0.39 is 11.8 Å². The maximum Gasteiger partial charge on any atom is 0.281 e. The number of rotatable bonds is 3. The quantitative estimate of drug-likeness (QED) is 0.661. The van der Waals surface area contributed by atoms with Gasteiger partial charge in [-0.2, -0.15) is 0 Å². The number of benzene rings is 2. The minimum atomic E-state index is -0.731. The van der Waals surface area contributed by atoms with Crippen molar-refractivity contribution < 1.29 is 14.7 Å². The van der Waals surface area contributed by atoms with Gasteiger partial charge in [0, 0.05) is 25.8 Å². The number of hydrogen-bond acceptors (Lipinski definition) is 5. The Morgan fingerprint density at radius 3 is 2.32 bits per heavy atom. The lowest BCUT2D eigenvalue weighted by Gasteiger charge is -2.26. The highest BCUT2D eigenvalue weighted by Gasteiger charge is 2.38. The van der Waals surface area contributed by atoms with Crippen LogP contribution in [0.2, 0.25) is 0 Å². The van der Waals surface area contributed by atoms with Crippen molar-refractivity contribution in [3.05, 3.63) is 71.2 Å². The normalized spacial score (nSPS) is 15.8. The molecule has 0 saturated heterocycles. The van der Waals surface area contributed by atoms with Gasteiger partial charge < -0.3 is 10.0 Å². The van der Waals surface area contributed by atoms with Crippen LogP contribution < -0.4 is 9.80 Å². The number of imide groups is 1. The number of carbonyl (C=O) groups excluding carboxylic acids is 2. The lowest BCUT2D eigenvalue weighted by Crippen LogP contribution is -2.46. The Hall–Kier alpha value is -3.92. The zero-order chi connectivity index (χ0) is 20.4. The van der Waals surface area contributed by atoms with E-state index in [9.17, 15) is 14.7 Å². The second kappa shape index (κ2) is 7.37. The molecule has 0 bridgehead atoms. The van der Waals surface area contributed by atoms with E-state index in [0.717, 1.165) is 10.6 Å². The molecule has 0 unspecified atom stereocenters. The average molecular weight is 374 g/mol. The monoisotopic (exact) mass is 374 g/mol. The Labute approximate surface area is 162 Å². The second-order valence-electron chi connectivity index (χ2n) is 6.42. The van der Waals surface area contributed by atoms with Crippen LogP contribution >= 0.6 is 0 Å². The molecule has 1 aliphatic rings. The molecule has 0 spiro atoms. The van der Waals surface area contributed by atoms with Gasteiger partial charge in [0.15, 0.2) is 0 Å². The van der Waals surface area contributed by atoms with Crippen LogP contribution in [0.3, 0.4) is 0 Å². The van der Waals surface area contributed by atoms with E-state index in [2.05, 4.69) is 9.84 Å². The van der Waals surface area contributed by atoms with Crippen LogP contribution in [0.1, 0.15) is 6.92 Å². The van der Waals surface area contributed by atoms with Gasteiger partial charge in [0.1, 0.15) is 11.5 Å². The largest absolute Gasteiger partial charge is 0.508 e. The van der Waals surface area contributed by atoms with Gasteiger partial charge in [-0.1, -0.05) is 6.07 Å². The van der Waals surface area contributed by atoms with Crippen molar-refractivity contribution in [1.29, 1.82) is 0 Å². The first kappa shape index (κ1) is 18.9. The number of phenolic OH excluding ortho intramolecular Hbond substituents is 1. The number of aliphatic imine (C=N–C) groups is 1. The molecule has 140 valence electrons. The third-order valence-electron chi connectivity index (χ3n) is 4.33. The molecule has 0 fully saturated rings. The maximum atomic E-state index is 13.0. The SMILES string of the molecule is [C-]#[N+]C1=C(C)C(=Nc2ccc(N(C)C)cc2)C(=O)N(c2cccc(O)c2)C1=O. The predicted octanol–water partition coefficient (Wildman–Crippen LogP) is 3.30. The molecule has 3 rings (SSSR count). The van der Waals surface area contributed by atoms with E-state index in [1.807, 2.05) is 31.1 Å².